The van der Waals surface area contributed by atoms with Crippen LogP contribution in [0.1, 0.15) is 21.5 Å². The molecule has 2 aromatic rings. The minimum absolute atomic E-state index is 0.00976. The Bertz CT molecular complexity index is 917. The molecule has 2 aliphatic heterocycles. The third kappa shape index (κ3) is 4.75. The molecule has 0 radical (unpaired) electrons. The topological polar surface area (TPSA) is 77.1 Å². The second-order valence-corrected chi connectivity index (χ2v) is 6.77. The van der Waals surface area contributed by atoms with E-state index in [0.29, 0.717) is 49.9 Å². The molecule has 2 heterocycles. The number of nitrogens with one attached hydrogen (secondary N) is 1. The van der Waals surface area contributed by atoms with Gasteiger partial charge in [0.15, 0.2) is 11.5 Å². The van der Waals surface area contributed by atoms with Gasteiger partial charge in [0.05, 0.1) is 13.2 Å². The van der Waals surface area contributed by atoms with Crippen molar-refractivity contribution < 1.29 is 23.8 Å². The number of hydrogen-bond acceptors (Lipinski definition) is 5. The molecular weight excluding hydrogens is 372 g/mol. The monoisotopic (exact) mass is 394 g/mol. The van der Waals surface area contributed by atoms with Crippen molar-refractivity contribution >= 4 is 17.9 Å². The van der Waals surface area contributed by atoms with E-state index in [1.807, 2.05) is 30.3 Å². The Kier molecular flexibility index (Phi) is 5.76. The van der Waals surface area contributed by atoms with Gasteiger partial charge in [-0.1, -0.05) is 18.2 Å². The number of hydrogen-bond donors (Lipinski definition) is 1. The standard InChI is InChI=1S/C22H22N2O5/c25-21(8-4-16-3-7-19-20(13-16)29-15-28-19)23-14-17-1-5-18(6-2-17)22(26)24-9-11-27-12-10-24/h1-8,13H,9-12,14-15H2,(H,23,25). The molecule has 0 saturated carbocycles. The van der Waals surface area contributed by atoms with E-state index in [-0.39, 0.29) is 18.6 Å². The quantitative estimate of drug-likeness (QED) is 0.787. The highest BCUT2D eigenvalue weighted by Gasteiger charge is 2.18. The minimum atomic E-state index is -0.198. The first-order valence-electron chi connectivity index (χ1n) is 9.50. The summed E-state index contributed by atoms with van der Waals surface area (Å²) in [5, 5.41) is 2.84. The summed E-state index contributed by atoms with van der Waals surface area (Å²) in [4.78, 5) is 26.3. The lowest BCUT2D eigenvalue weighted by Gasteiger charge is -2.26. The Morgan fingerprint density at radius 1 is 1.00 bits per heavy atom. The van der Waals surface area contributed by atoms with Crippen molar-refractivity contribution in [1.82, 2.24) is 10.2 Å². The maximum Gasteiger partial charge on any atom is 0.254 e. The van der Waals surface area contributed by atoms with Crippen molar-refractivity contribution in [2.45, 2.75) is 6.54 Å². The maximum absolute atomic E-state index is 12.4. The van der Waals surface area contributed by atoms with Crippen LogP contribution in [0.2, 0.25) is 0 Å². The number of carbonyl (C=O) groups is 2. The van der Waals surface area contributed by atoms with Crippen LogP contribution in [-0.2, 0) is 16.1 Å². The molecule has 0 atom stereocenters. The lowest BCUT2D eigenvalue weighted by molar-refractivity contribution is -0.116. The number of benzene rings is 2. The number of amides is 2. The molecule has 7 heteroatoms. The van der Waals surface area contributed by atoms with Gasteiger partial charge in [0.1, 0.15) is 0 Å². The van der Waals surface area contributed by atoms with Gasteiger partial charge in [-0.15, -0.1) is 0 Å². The van der Waals surface area contributed by atoms with E-state index in [2.05, 4.69) is 5.32 Å². The SMILES string of the molecule is O=C(C=Cc1ccc2c(c1)OCO2)NCc1ccc(C(=O)N2CCOCC2)cc1. The van der Waals surface area contributed by atoms with Crippen molar-refractivity contribution in [1.29, 1.82) is 0 Å². The molecule has 4 rings (SSSR count). The second-order valence-electron chi connectivity index (χ2n) is 6.77. The molecule has 29 heavy (non-hydrogen) atoms. The smallest absolute Gasteiger partial charge is 0.254 e. The van der Waals surface area contributed by atoms with Crippen LogP contribution in [0.3, 0.4) is 0 Å². The Morgan fingerprint density at radius 3 is 2.55 bits per heavy atom. The third-order valence-electron chi connectivity index (χ3n) is 4.79. The van der Waals surface area contributed by atoms with Crippen molar-refractivity contribution in [2.24, 2.45) is 0 Å². The molecule has 2 amide bonds. The molecule has 0 aliphatic carbocycles. The summed E-state index contributed by atoms with van der Waals surface area (Å²) in [6.45, 7) is 3.00. The number of fused-ring (bicyclic) bond motifs is 1. The zero-order valence-electron chi connectivity index (χ0n) is 15.9. The Labute approximate surface area is 168 Å². The lowest BCUT2D eigenvalue weighted by Crippen LogP contribution is -2.40. The molecule has 0 aromatic heterocycles. The summed E-state index contributed by atoms with van der Waals surface area (Å²) >= 11 is 0. The number of morpholine rings is 1. The molecule has 1 fully saturated rings. The van der Waals surface area contributed by atoms with Gasteiger partial charge in [-0.3, -0.25) is 9.59 Å². The van der Waals surface area contributed by atoms with Crippen LogP contribution in [0.15, 0.2) is 48.5 Å². The summed E-state index contributed by atoms with van der Waals surface area (Å²) in [5.41, 5.74) is 2.42. The van der Waals surface area contributed by atoms with E-state index in [1.54, 1.807) is 23.1 Å². The van der Waals surface area contributed by atoms with Gasteiger partial charge in [-0.25, -0.2) is 0 Å². The van der Waals surface area contributed by atoms with Crippen LogP contribution in [0, 0.1) is 0 Å². The molecule has 0 bridgehead atoms. The molecule has 0 unspecified atom stereocenters. The zero-order chi connectivity index (χ0) is 20.1. The maximum atomic E-state index is 12.4. The van der Waals surface area contributed by atoms with Crippen molar-refractivity contribution in [3.63, 3.8) is 0 Å². The molecule has 1 saturated heterocycles. The normalized spacial score (nSPS) is 15.5. The fourth-order valence-electron chi connectivity index (χ4n) is 3.15. The predicted molar refractivity (Wildman–Crippen MR) is 107 cm³/mol. The first-order valence-corrected chi connectivity index (χ1v) is 9.50. The number of ether oxygens (including phenoxy) is 3. The molecule has 7 nitrogen and oxygen atoms in total. The van der Waals surface area contributed by atoms with Crippen molar-refractivity contribution in [3.05, 3.63) is 65.2 Å². The van der Waals surface area contributed by atoms with Crippen LogP contribution < -0.4 is 14.8 Å². The molecule has 150 valence electrons. The highest BCUT2D eigenvalue weighted by molar-refractivity contribution is 5.94. The molecule has 1 N–H and O–H groups in total. The Morgan fingerprint density at radius 2 is 1.76 bits per heavy atom. The van der Waals surface area contributed by atoms with Crippen LogP contribution in [0.4, 0.5) is 0 Å². The predicted octanol–water partition coefficient (Wildman–Crippen LogP) is 2.22. The average molecular weight is 394 g/mol. The summed E-state index contributed by atoms with van der Waals surface area (Å²) < 4.78 is 15.9. The zero-order valence-corrected chi connectivity index (χ0v) is 15.9. The summed E-state index contributed by atoms with van der Waals surface area (Å²) in [5.74, 6) is 1.20. The highest BCUT2D eigenvalue weighted by Crippen LogP contribution is 2.32. The molecular formula is C22H22N2O5. The highest BCUT2D eigenvalue weighted by atomic mass is 16.7. The van der Waals surface area contributed by atoms with E-state index in [4.69, 9.17) is 14.2 Å². The van der Waals surface area contributed by atoms with Crippen LogP contribution in [-0.4, -0.2) is 49.8 Å². The van der Waals surface area contributed by atoms with Crippen molar-refractivity contribution in [2.75, 3.05) is 33.1 Å². The van der Waals surface area contributed by atoms with Crippen LogP contribution in [0.5, 0.6) is 11.5 Å². The fourth-order valence-corrected chi connectivity index (χ4v) is 3.15. The Balaban J connectivity index is 1.28. The second kappa shape index (κ2) is 8.79. The molecule has 2 aliphatic rings. The summed E-state index contributed by atoms with van der Waals surface area (Å²) in [7, 11) is 0. The first kappa shape index (κ1) is 19.0. The largest absolute Gasteiger partial charge is 0.454 e. The number of nitrogens with zero attached hydrogens (tertiary/aromatic N) is 1. The van der Waals surface area contributed by atoms with E-state index >= 15 is 0 Å². The van der Waals surface area contributed by atoms with Gasteiger partial charge in [0.25, 0.3) is 5.91 Å². The third-order valence-corrected chi connectivity index (χ3v) is 4.79. The van der Waals surface area contributed by atoms with E-state index < -0.39 is 0 Å². The minimum Gasteiger partial charge on any atom is -0.454 e. The van der Waals surface area contributed by atoms with E-state index in [1.165, 1.54) is 6.08 Å². The summed E-state index contributed by atoms with van der Waals surface area (Å²) in [6, 6.07) is 12.8. The molecule has 2 aromatic carbocycles. The lowest BCUT2D eigenvalue weighted by atomic mass is 10.1. The van der Waals surface area contributed by atoms with Gasteiger partial charge < -0.3 is 24.4 Å². The van der Waals surface area contributed by atoms with Crippen molar-refractivity contribution in [3.8, 4) is 11.5 Å². The fraction of sp³-hybridized carbons (Fsp3) is 0.273. The van der Waals surface area contributed by atoms with Crippen LogP contribution in [0.25, 0.3) is 6.08 Å². The van der Waals surface area contributed by atoms with Gasteiger partial charge in [-0.2, -0.15) is 0 Å². The van der Waals surface area contributed by atoms with Gasteiger partial charge >= 0.3 is 0 Å². The van der Waals surface area contributed by atoms with Gasteiger partial charge in [-0.05, 0) is 41.5 Å². The average Bonchev–Trinajstić information content (AvgIpc) is 3.24. The van der Waals surface area contributed by atoms with Gasteiger partial charge in [0, 0.05) is 31.3 Å². The summed E-state index contributed by atoms with van der Waals surface area (Å²) in [6.07, 6.45) is 3.20. The van der Waals surface area contributed by atoms with E-state index in [9.17, 15) is 9.59 Å². The van der Waals surface area contributed by atoms with Crippen LogP contribution >= 0.6 is 0 Å². The first-order chi connectivity index (χ1) is 14.2. The molecule has 0 spiro atoms. The van der Waals surface area contributed by atoms with Gasteiger partial charge in [0.2, 0.25) is 12.7 Å². The van der Waals surface area contributed by atoms with E-state index in [0.717, 1.165) is 11.1 Å². The number of carbonyl (C=O) groups excluding carboxylic acids is 2. The Hall–Kier alpha value is -3.32. The number of rotatable bonds is 5.